The Balaban J connectivity index is 1.99. The molecule has 0 radical (unpaired) electrons. The van der Waals surface area contributed by atoms with E-state index in [4.69, 9.17) is 5.73 Å². The minimum absolute atomic E-state index is 0.0284. The van der Waals surface area contributed by atoms with Crippen LogP contribution in [0.3, 0.4) is 0 Å². The second-order valence-electron chi connectivity index (χ2n) is 5.13. The lowest BCUT2D eigenvalue weighted by Gasteiger charge is -2.23. The molecule has 1 saturated heterocycles. The van der Waals surface area contributed by atoms with Crippen LogP contribution < -0.4 is 5.73 Å². The van der Waals surface area contributed by atoms with E-state index in [1.54, 1.807) is 11.8 Å². The van der Waals surface area contributed by atoms with Crippen LogP contribution in [0.4, 0.5) is 0 Å². The minimum atomic E-state index is -0.480. The van der Waals surface area contributed by atoms with Crippen molar-refractivity contribution in [3.05, 3.63) is 35.9 Å². The Morgan fingerprint density at radius 3 is 2.30 bits per heavy atom. The third-order valence-electron chi connectivity index (χ3n) is 3.51. The molecule has 1 aliphatic rings. The molecule has 0 saturated carbocycles. The molecule has 0 unspecified atom stereocenters. The normalized spacial score (nSPS) is 17.5. The summed E-state index contributed by atoms with van der Waals surface area (Å²) in [5.74, 6) is -0.0142. The molecule has 5 nitrogen and oxygen atoms in total. The number of hydrogen-bond acceptors (Lipinski definition) is 3. The number of amides is 2. The summed E-state index contributed by atoms with van der Waals surface area (Å²) in [7, 11) is 0. The zero-order valence-corrected chi connectivity index (χ0v) is 11.8. The molecule has 108 valence electrons. The van der Waals surface area contributed by atoms with Gasteiger partial charge in [0.05, 0.1) is 6.04 Å². The zero-order valence-electron chi connectivity index (χ0n) is 11.8. The monoisotopic (exact) mass is 275 g/mol. The van der Waals surface area contributed by atoms with Gasteiger partial charge in [-0.25, -0.2) is 0 Å². The first kappa shape index (κ1) is 14.5. The van der Waals surface area contributed by atoms with Gasteiger partial charge in [0.25, 0.3) is 5.91 Å². The molecule has 0 bridgehead atoms. The maximum Gasteiger partial charge on any atom is 0.253 e. The van der Waals surface area contributed by atoms with Crippen molar-refractivity contribution in [1.29, 1.82) is 0 Å². The van der Waals surface area contributed by atoms with E-state index < -0.39 is 6.04 Å². The minimum Gasteiger partial charge on any atom is -0.340 e. The van der Waals surface area contributed by atoms with Crippen LogP contribution in [0, 0.1) is 0 Å². The summed E-state index contributed by atoms with van der Waals surface area (Å²) in [5.41, 5.74) is 6.33. The maximum absolute atomic E-state index is 12.4. The van der Waals surface area contributed by atoms with Crippen molar-refractivity contribution >= 4 is 11.8 Å². The number of nitrogens with zero attached hydrogens (tertiary/aromatic N) is 2. The molecule has 1 heterocycles. The topological polar surface area (TPSA) is 66.6 Å². The number of nitrogens with two attached hydrogens (primary N) is 1. The second-order valence-corrected chi connectivity index (χ2v) is 5.13. The van der Waals surface area contributed by atoms with Crippen molar-refractivity contribution in [1.82, 2.24) is 9.80 Å². The number of rotatable bonds is 2. The van der Waals surface area contributed by atoms with Crippen LogP contribution in [0.2, 0.25) is 0 Å². The van der Waals surface area contributed by atoms with E-state index in [0.717, 1.165) is 6.42 Å². The van der Waals surface area contributed by atoms with E-state index in [1.165, 1.54) is 0 Å². The lowest BCUT2D eigenvalue weighted by Crippen LogP contribution is -2.44. The zero-order chi connectivity index (χ0) is 14.5. The van der Waals surface area contributed by atoms with Crippen LogP contribution in [-0.2, 0) is 4.79 Å². The van der Waals surface area contributed by atoms with E-state index in [0.29, 0.717) is 31.7 Å². The van der Waals surface area contributed by atoms with Gasteiger partial charge < -0.3 is 15.5 Å². The lowest BCUT2D eigenvalue weighted by atomic mass is 10.2. The van der Waals surface area contributed by atoms with Crippen LogP contribution in [0.25, 0.3) is 0 Å². The molecule has 20 heavy (non-hydrogen) atoms. The highest BCUT2D eigenvalue weighted by Crippen LogP contribution is 2.09. The van der Waals surface area contributed by atoms with Gasteiger partial charge in [-0.15, -0.1) is 0 Å². The van der Waals surface area contributed by atoms with Gasteiger partial charge in [0.2, 0.25) is 5.91 Å². The predicted octanol–water partition coefficient (Wildman–Crippen LogP) is 0.708. The van der Waals surface area contributed by atoms with Gasteiger partial charge in [-0.2, -0.15) is 0 Å². The molecule has 1 fully saturated rings. The van der Waals surface area contributed by atoms with Crippen LogP contribution >= 0.6 is 0 Å². The van der Waals surface area contributed by atoms with Gasteiger partial charge in [-0.1, -0.05) is 18.2 Å². The molecule has 1 aromatic rings. The van der Waals surface area contributed by atoms with Crippen molar-refractivity contribution < 1.29 is 9.59 Å². The summed E-state index contributed by atoms with van der Waals surface area (Å²) in [6, 6.07) is 8.76. The van der Waals surface area contributed by atoms with Gasteiger partial charge in [0.1, 0.15) is 0 Å². The first-order chi connectivity index (χ1) is 9.59. The maximum atomic E-state index is 12.4. The SMILES string of the molecule is C[C@H](N)C(=O)N1CCCN(C(=O)c2ccccc2)CC1. The fourth-order valence-corrected chi connectivity index (χ4v) is 2.39. The molecule has 0 spiro atoms. The Bertz CT molecular complexity index is 473. The molecule has 5 heteroatoms. The number of carbonyl (C=O) groups excluding carboxylic acids is 2. The average Bonchev–Trinajstić information content (AvgIpc) is 2.72. The summed E-state index contributed by atoms with van der Waals surface area (Å²) < 4.78 is 0. The van der Waals surface area contributed by atoms with Gasteiger partial charge >= 0.3 is 0 Å². The van der Waals surface area contributed by atoms with E-state index in [2.05, 4.69) is 0 Å². The van der Waals surface area contributed by atoms with Gasteiger partial charge in [0.15, 0.2) is 0 Å². The standard InChI is InChI=1S/C15H21N3O2/c1-12(16)14(19)17-8-5-9-18(11-10-17)15(20)13-6-3-2-4-7-13/h2-4,6-7,12H,5,8-11,16H2,1H3/t12-/m0/s1. The number of benzene rings is 1. The molecular formula is C15H21N3O2. The van der Waals surface area contributed by atoms with Crippen LogP contribution in [0.15, 0.2) is 30.3 Å². The molecule has 1 aromatic carbocycles. The third-order valence-corrected chi connectivity index (χ3v) is 3.51. The first-order valence-electron chi connectivity index (χ1n) is 6.98. The van der Waals surface area contributed by atoms with Gasteiger partial charge in [0, 0.05) is 31.7 Å². The molecule has 1 atom stereocenters. The van der Waals surface area contributed by atoms with Crippen LogP contribution in [0.5, 0.6) is 0 Å². The van der Waals surface area contributed by atoms with Crippen LogP contribution in [0.1, 0.15) is 23.7 Å². The third kappa shape index (κ3) is 3.36. The molecule has 0 aromatic heterocycles. The average molecular weight is 275 g/mol. The van der Waals surface area contributed by atoms with Crippen molar-refractivity contribution in [2.45, 2.75) is 19.4 Å². The van der Waals surface area contributed by atoms with Gasteiger partial charge in [-0.05, 0) is 25.5 Å². The predicted molar refractivity (Wildman–Crippen MR) is 77.2 cm³/mol. The Hall–Kier alpha value is -1.88. The molecule has 2 rings (SSSR count). The highest BCUT2D eigenvalue weighted by molar-refractivity contribution is 5.94. The summed E-state index contributed by atoms with van der Waals surface area (Å²) in [6.45, 7) is 4.15. The quantitative estimate of drug-likeness (QED) is 0.864. The summed E-state index contributed by atoms with van der Waals surface area (Å²) in [4.78, 5) is 27.8. The smallest absolute Gasteiger partial charge is 0.253 e. The van der Waals surface area contributed by atoms with E-state index in [1.807, 2.05) is 35.2 Å². The first-order valence-corrected chi connectivity index (χ1v) is 6.98. The van der Waals surface area contributed by atoms with E-state index >= 15 is 0 Å². The van der Waals surface area contributed by atoms with Crippen molar-refractivity contribution in [3.63, 3.8) is 0 Å². The fourth-order valence-electron chi connectivity index (χ4n) is 2.39. The Morgan fingerprint density at radius 2 is 1.65 bits per heavy atom. The summed E-state index contributed by atoms with van der Waals surface area (Å²) in [6.07, 6.45) is 0.789. The summed E-state index contributed by atoms with van der Waals surface area (Å²) >= 11 is 0. The number of carbonyl (C=O) groups is 2. The lowest BCUT2D eigenvalue weighted by molar-refractivity contribution is -0.132. The largest absolute Gasteiger partial charge is 0.340 e. The highest BCUT2D eigenvalue weighted by Gasteiger charge is 2.23. The second kappa shape index (κ2) is 6.52. The molecule has 1 aliphatic heterocycles. The molecular weight excluding hydrogens is 254 g/mol. The van der Waals surface area contributed by atoms with E-state index in [-0.39, 0.29) is 11.8 Å². The fraction of sp³-hybridized carbons (Fsp3) is 0.467. The number of hydrogen-bond donors (Lipinski definition) is 1. The summed E-state index contributed by atoms with van der Waals surface area (Å²) in [5, 5.41) is 0. The van der Waals surface area contributed by atoms with E-state index in [9.17, 15) is 9.59 Å². The Kier molecular flexibility index (Phi) is 4.74. The molecule has 0 aliphatic carbocycles. The van der Waals surface area contributed by atoms with Crippen molar-refractivity contribution in [3.8, 4) is 0 Å². The Labute approximate surface area is 119 Å². The van der Waals surface area contributed by atoms with Crippen LogP contribution in [-0.4, -0.2) is 53.8 Å². The van der Waals surface area contributed by atoms with Crippen molar-refractivity contribution in [2.75, 3.05) is 26.2 Å². The Morgan fingerprint density at radius 1 is 1.05 bits per heavy atom. The highest BCUT2D eigenvalue weighted by atomic mass is 16.2. The molecule has 2 amide bonds. The van der Waals surface area contributed by atoms with Crippen molar-refractivity contribution in [2.24, 2.45) is 5.73 Å². The molecule has 2 N–H and O–H groups in total. The van der Waals surface area contributed by atoms with Gasteiger partial charge in [-0.3, -0.25) is 9.59 Å².